The van der Waals surface area contributed by atoms with Gasteiger partial charge in [-0.3, -0.25) is 4.79 Å². The summed E-state index contributed by atoms with van der Waals surface area (Å²) in [5, 5.41) is 0.895. The van der Waals surface area contributed by atoms with Gasteiger partial charge in [0.2, 0.25) is 5.95 Å². The Hall–Kier alpha value is -1.45. The van der Waals surface area contributed by atoms with Gasteiger partial charge < -0.3 is 0 Å². The summed E-state index contributed by atoms with van der Waals surface area (Å²) in [5.74, 6) is -0.825. The van der Waals surface area contributed by atoms with E-state index in [2.05, 4.69) is 4.98 Å². The maximum absolute atomic E-state index is 13.3. The first kappa shape index (κ1) is 12.0. The number of hydrogen-bond donors (Lipinski definition) is 0. The van der Waals surface area contributed by atoms with Gasteiger partial charge in [0.05, 0.1) is 16.3 Å². The Bertz CT molecular complexity index is 587. The number of nitrogens with zero attached hydrogens (tertiary/aromatic N) is 1. The molecule has 0 unspecified atom stereocenters. The van der Waals surface area contributed by atoms with Gasteiger partial charge in [-0.2, -0.15) is 4.39 Å². The summed E-state index contributed by atoms with van der Waals surface area (Å²) in [7, 11) is 0. The van der Waals surface area contributed by atoms with Crippen molar-refractivity contribution in [2.75, 3.05) is 0 Å². The van der Waals surface area contributed by atoms with Crippen LogP contribution in [0.2, 0.25) is 10.0 Å². The van der Waals surface area contributed by atoms with Crippen molar-refractivity contribution in [1.82, 2.24) is 4.98 Å². The third-order valence-corrected chi connectivity index (χ3v) is 2.77. The average Bonchev–Trinajstić information content (AvgIpc) is 2.32. The van der Waals surface area contributed by atoms with Gasteiger partial charge in [-0.25, -0.2) is 4.98 Å². The van der Waals surface area contributed by atoms with E-state index >= 15 is 0 Å². The second kappa shape index (κ2) is 4.82. The number of rotatable bonds is 2. The molecule has 0 fully saturated rings. The van der Waals surface area contributed by atoms with Gasteiger partial charge in [0, 0.05) is 10.6 Å². The lowest BCUT2D eigenvalue weighted by molar-refractivity contribution is 0.111. The highest BCUT2D eigenvalue weighted by molar-refractivity contribution is 6.35. The largest absolute Gasteiger partial charge is 0.298 e. The predicted molar refractivity (Wildman–Crippen MR) is 65.0 cm³/mol. The zero-order valence-electron chi connectivity index (χ0n) is 8.45. The van der Waals surface area contributed by atoms with Crippen LogP contribution in [-0.2, 0) is 0 Å². The Kier molecular flexibility index (Phi) is 3.41. The van der Waals surface area contributed by atoms with Gasteiger partial charge in [0.1, 0.15) is 0 Å². The van der Waals surface area contributed by atoms with Crippen LogP contribution in [0.4, 0.5) is 4.39 Å². The molecular weight excluding hydrogens is 264 g/mol. The highest BCUT2D eigenvalue weighted by atomic mass is 35.5. The molecule has 2 nitrogen and oxygen atoms in total. The number of carbonyl (C=O) groups excluding carboxylic acids is 1. The van der Waals surface area contributed by atoms with Crippen LogP contribution < -0.4 is 0 Å². The molecule has 0 amide bonds. The van der Waals surface area contributed by atoms with Crippen LogP contribution in [0.3, 0.4) is 0 Å². The van der Waals surface area contributed by atoms with Crippen LogP contribution in [0.25, 0.3) is 11.3 Å². The quantitative estimate of drug-likeness (QED) is 0.609. The molecule has 0 N–H and O–H groups in total. The van der Waals surface area contributed by atoms with Gasteiger partial charge in [-0.1, -0.05) is 23.2 Å². The highest BCUT2D eigenvalue weighted by Crippen LogP contribution is 2.29. The maximum atomic E-state index is 13.3. The van der Waals surface area contributed by atoms with Crippen LogP contribution in [0.1, 0.15) is 10.4 Å². The van der Waals surface area contributed by atoms with Crippen molar-refractivity contribution in [2.45, 2.75) is 0 Å². The van der Waals surface area contributed by atoms with Gasteiger partial charge in [-0.05, 0) is 30.3 Å². The second-order valence-electron chi connectivity index (χ2n) is 3.32. The molecule has 0 aliphatic rings. The van der Waals surface area contributed by atoms with E-state index in [4.69, 9.17) is 23.2 Å². The summed E-state index contributed by atoms with van der Waals surface area (Å²) in [6.07, 6.45) is 0.408. The normalized spacial score (nSPS) is 10.3. The number of pyridine rings is 1. The lowest BCUT2D eigenvalue weighted by Crippen LogP contribution is -1.94. The lowest BCUT2D eigenvalue weighted by Gasteiger charge is -2.05. The first-order valence-electron chi connectivity index (χ1n) is 4.69. The third-order valence-electron chi connectivity index (χ3n) is 2.21. The summed E-state index contributed by atoms with van der Waals surface area (Å²) in [6, 6.07) is 7.69. The molecule has 5 heteroatoms. The number of aromatic nitrogens is 1. The molecule has 1 aromatic carbocycles. The molecule has 1 heterocycles. The Morgan fingerprint density at radius 3 is 2.59 bits per heavy atom. The Morgan fingerprint density at radius 2 is 1.94 bits per heavy atom. The summed E-state index contributed by atoms with van der Waals surface area (Å²) in [6.45, 7) is 0. The Labute approximate surface area is 107 Å². The first-order chi connectivity index (χ1) is 8.11. The fourth-order valence-electron chi connectivity index (χ4n) is 1.38. The van der Waals surface area contributed by atoms with E-state index in [1.54, 1.807) is 18.2 Å². The number of aldehydes is 1. The van der Waals surface area contributed by atoms with Crippen LogP contribution in [0, 0.1) is 5.95 Å². The van der Waals surface area contributed by atoms with Crippen molar-refractivity contribution in [3.63, 3.8) is 0 Å². The second-order valence-corrected chi connectivity index (χ2v) is 4.16. The summed E-state index contributed by atoms with van der Waals surface area (Å²) in [4.78, 5) is 14.1. The van der Waals surface area contributed by atoms with Crippen LogP contribution in [0.5, 0.6) is 0 Å². The number of carbonyl (C=O) groups is 1. The summed E-state index contributed by atoms with van der Waals surface area (Å²) < 4.78 is 13.3. The molecule has 2 rings (SSSR count). The Morgan fingerprint density at radius 1 is 1.18 bits per heavy atom. The fourth-order valence-corrected chi connectivity index (χ4v) is 1.76. The zero-order valence-corrected chi connectivity index (χ0v) is 9.97. The molecule has 1 aromatic heterocycles. The zero-order chi connectivity index (χ0) is 12.4. The predicted octanol–water partition coefficient (Wildman–Crippen LogP) is 4.01. The van der Waals surface area contributed by atoms with E-state index in [-0.39, 0.29) is 5.56 Å². The number of hydrogen-bond acceptors (Lipinski definition) is 2. The molecule has 0 bridgehead atoms. The maximum Gasteiger partial charge on any atom is 0.224 e. The minimum Gasteiger partial charge on any atom is -0.298 e. The SMILES string of the molecule is O=Cc1ccc(-c2cc(Cl)ccc2Cl)nc1F. The molecule has 0 radical (unpaired) electrons. The van der Waals surface area contributed by atoms with E-state index in [1.165, 1.54) is 12.1 Å². The van der Waals surface area contributed by atoms with E-state index in [9.17, 15) is 9.18 Å². The smallest absolute Gasteiger partial charge is 0.224 e. The minimum atomic E-state index is -0.825. The van der Waals surface area contributed by atoms with Crippen molar-refractivity contribution in [3.8, 4) is 11.3 Å². The number of halogens is 3. The molecule has 0 atom stereocenters. The molecule has 0 spiro atoms. The van der Waals surface area contributed by atoms with Gasteiger partial charge in [-0.15, -0.1) is 0 Å². The van der Waals surface area contributed by atoms with Crippen molar-refractivity contribution in [1.29, 1.82) is 0 Å². The number of benzene rings is 1. The van der Waals surface area contributed by atoms with E-state index in [0.29, 0.717) is 27.6 Å². The summed E-state index contributed by atoms with van der Waals surface area (Å²) >= 11 is 11.8. The van der Waals surface area contributed by atoms with Gasteiger partial charge in [0.25, 0.3) is 0 Å². The molecule has 0 aliphatic carbocycles. The van der Waals surface area contributed by atoms with Crippen molar-refractivity contribution in [3.05, 3.63) is 51.9 Å². The average molecular weight is 270 g/mol. The van der Waals surface area contributed by atoms with Gasteiger partial charge in [0.15, 0.2) is 6.29 Å². The van der Waals surface area contributed by atoms with E-state index in [0.717, 1.165) is 0 Å². The highest BCUT2D eigenvalue weighted by Gasteiger charge is 2.09. The summed E-state index contributed by atoms with van der Waals surface area (Å²) in [5.41, 5.74) is 0.767. The first-order valence-corrected chi connectivity index (χ1v) is 5.44. The van der Waals surface area contributed by atoms with Crippen LogP contribution in [-0.4, -0.2) is 11.3 Å². The van der Waals surface area contributed by atoms with E-state index in [1.807, 2.05) is 0 Å². The van der Waals surface area contributed by atoms with Crippen molar-refractivity contribution >= 4 is 29.5 Å². The minimum absolute atomic E-state index is 0.0908. The molecule has 17 heavy (non-hydrogen) atoms. The molecule has 86 valence electrons. The standard InChI is InChI=1S/C12H6Cl2FNO/c13-8-2-3-10(14)9(5-8)11-4-1-7(6-17)12(15)16-11/h1-6H. The third kappa shape index (κ3) is 2.46. The van der Waals surface area contributed by atoms with Gasteiger partial charge >= 0.3 is 0 Å². The lowest BCUT2D eigenvalue weighted by atomic mass is 10.1. The molecule has 0 saturated heterocycles. The topological polar surface area (TPSA) is 30.0 Å². The van der Waals surface area contributed by atoms with Crippen LogP contribution >= 0.6 is 23.2 Å². The molecule has 2 aromatic rings. The van der Waals surface area contributed by atoms with Crippen molar-refractivity contribution in [2.24, 2.45) is 0 Å². The Balaban J connectivity index is 2.57. The van der Waals surface area contributed by atoms with E-state index < -0.39 is 5.95 Å². The monoisotopic (exact) mass is 269 g/mol. The molecule has 0 aliphatic heterocycles. The fraction of sp³-hybridized carbons (Fsp3) is 0. The molecule has 0 saturated carbocycles. The van der Waals surface area contributed by atoms with Crippen molar-refractivity contribution < 1.29 is 9.18 Å². The van der Waals surface area contributed by atoms with Crippen LogP contribution in [0.15, 0.2) is 30.3 Å². The molecular formula is C12H6Cl2FNO.